The Balaban J connectivity index is 1.87. The van der Waals surface area contributed by atoms with Gasteiger partial charge in [-0.2, -0.15) is 0 Å². The summed E-state index contributed by atoms with van der Waals surface area (Å²) in [6.45, 7) is 1.37. The summed E-state index contributed by atoms with van der Waals surface area (Å²) in [5.74, 6) is -0.963. The fourth-order valence-corrected chi connectivity index (χ4v) is 2.47. The van der Waals surface area contributed by atoms with Crippen molar-refractivity contribution in [2.45, 2.75) is 6.92 Å². The zero-order valence-corrected chi connectivity index (χ0v) is 14.5. The quantitative estimate of drug-likeness (QED) is 0.541. The average molecular weight is 390 g/mol. The van der Waals surface area contributed by atoms with E-state index in [9.17, 15) is 14.4 Å². The van der Waals surface area contributed by atoms with Gasteiger partial charge in [-0.1, -0.05) is 24.3 Å². The molecular formula is C17H16BrN3O3. The van der Waals surface area contributed by atoms with E-state index in [-0.39, 0.29) is 12.3 Å². The lowest BCUT2D eigenvalue weighted by Crippen LogP contribution is -2.44. The minimum Gasteiger partial charge on any atom is -0.376 e. The highest BCUT2D eigenvalue weighted by Crippen LogP contribution is 2.16. The van der Waals surface area contributed by atoms with Gasteiger partial charge in [-0.05, 0) is 47.1 Å². The minimum absolute atomic E-state index is 0.0828. The first-order valence-electron chi connectivity index (χ1n) is 7.16. The molecule has 6 nitrogen and oxygen atoms in total. The number of benzene rings is 2. The summed E-state index contributed by atoms with van der Waals surface area (Å²) in [5, 5.41) is 2.88. The Kier molecular flexibility index (Phi) is 6.08. The van der Waals surface area contributed by atoms with Crippen molar-refractivity contribution >= 4 is 39.2 Å². The third-order valence-corrected chi connectivity index (χ3v) is 3.87. The van der Waals surface area contributed by atoms with Crippen molar-refractivity contribution in [2.75, 3.05) is 11.9 Å². The van der Waals surface area contributed by atoms with Crippen molar-refractivity contribution < 1.29 is 14.4 Å². The predicted molar refractivity (Wildman–Crippen MR) is 94.7 cm³/mol. The second-order valence-electron chi connectivity index (χ2n) is 4.94. The molecule has 2 rings (SSSR count). The van der Waals surface area contributed by atoms with Crippen LogP contribution in [0.4, 0.5) is 5.69 Å². The largest absolute Gasteiger partial charge is 0.376 e. The molecule has 2 aromatic carbocycles. The summed E-state index contributed by atoms with van der Waals surface area (Å²) >= 11 is 3.27. The number of rotatable bonds is 5. The van der Waals surface area contributed by atoms with E-state index in [1.54, 1.807) is 48.5 Å². The number of hydrogen-bond donors (Lipinski definition) is 3. The maximum atomic E-state index is 12.0. The summed E-state index contributed by atoms with van der Waals surface area (Å²) in [7, 11) is 0. The molecule has 0 atom stereocenters. The van der Waals surface area contributed by atoms with Crippen molar-refractivity contribution in [3.8, 4) is 0 Å². The molecule has 24 heavy (non-hydrogen) atoms. The molecule has 0 unspecified atom stereocenters. The predicted octanol–water partition coefficient (Wildman–Crippen LogP) is 2.52. The van der Waals surface area contributed by atoms with Crippen LogP contribution in [-0.2, 0) is 4.79 Å². The molecule has 0 aliphatic carbocycles. The number of anilines is 1. The van der Waals surface area contributed by atoms with E-state index < -0.39 is 11.8 Å². The first-order chi connectivity index (χ1) is 11.5. The lowest BCUT2D eigenvalue weighted by Gasteiger charge is -2.11. The lowest BCUT2D eigenvalue weighted by atomic mass is 10.1. The van der Waals surface area contributed by atoms with Gasteiger partial charge in [0.2, 0.25) is 0 Å². The van der Waals surface area contributed by atoms with Crippen molar-refractivity contribution in [3.63, 3.8) is 0 Å². The second-order valence-corrected chi connectivity index (χ2v) is 5.79. The van der Waals surface area contributed by atoms with Gasteiger partial charge in [-0.25, -0.2) is 0 Å². The van der Waals surface area contributed by atoms with Gasteiger partial charge in [-0.3, -0.25) is 25.2 Å². The number of hydrogen-bond acceptors (Lipinski definition) is 4. The standard InChI is InChI=1S/C17H16BrN3O3/c1-11(22)12-6-3-5-9-15(12)19-10-16(23)20-21-17(24)13-7-2-4-8-14(13)18/h2-9,19H,10H2,1H3,(H,20,23)(H,21,24). The normalized spacial score (nSPS) is 9.92. The third kappa shape index (κ3) is 4.66. The van der Waals surface area contributed by atoms with Crippen molar-refractivity contribution in [2.24, 2.45) is 0 Å². The molecule has 7 heteroatoms. The van der Waals surface area contributed by atoms with Gasteiger partial charge in [-0.15, -0.1) is 0 Å². The number of nitrogens with one attached hydrogen (secondary N) is 3. The molecule has 0 radical (unpaired) electrons. The average Bonchev–Trinajstić information content (AvgIpc) is 2.58. The van der Waals surface area contributed by atoms with Gasteiger partial charge in [0.05, 0.1) is 12.1 Å². The molecule has 0 saturated carbocycles. The highest BCUT2D eigenvalue weighted by molar-refractivity contribution is 9.10. The summed E-state index contributed by atoms with van der Waals surface area (Å²) < 4.78 is 0.630. The highest BCUT2D eigenvalue weighted by atomic mass is 79.9. The fraction of sp³-hybridized carbons (Fsp3) is 0.118. The Hall–Kier alpha value is -2.67. The summed E-state index contributed by atoms with van der Waals surface area (Å²) in [6, 6.07) is 13.8. The first-order valence-corrected chi connectivity index (χ1v) is 7.96. The molecule has 0 fully saturated rings. The lowest BCUT2D eigenvalue weighted by molar-refractivity contribution is -0.120. The van der Waals surface area contributed by atoms with Crippen molar-refractivity contribution in [3.05, 3.63) is 64.1 Å². The zero-order valence-electron chi connectivity index (χ0n) is 12.9. The minimum atomic E-state index is -0.436. The zero-order chi connectivity index (χ0) is 17.5. The van der Waals surface area contributed by atoms with Crippen LogP contribution < -0.4 is 16.2 Å². The monoisotopic (exact) mass is 389 g/mol. The van der Waals surface area contributed by atoms with Crippen LogP contribution >= 0.6 is 15.9 Å². The molecule has 0 saturated heterocycles. The SMILES string of the molecule is CC(=O)c1ccccc1NCC(=O)NNC(=O)c1ccccc1Br. The molecule has 2 amide bonds. The van der Waals surface area contributed by atoms with E-state index >= 15 is 0 Å². The molecule has 124 valence electrons. The number of ketones is 1. The van der Waals surface area contributed by atoms with Gasteiger partial charge >= 0.3 is 0 Å². The van der Waals surface area contributed by atoms with E-state index in [2.05, 4.69) is 32.1 Å². The molecule has 0 aliphatic rings. The molecular weight excluding hydrogens is 374 g/mol. The number of Topliss-reactive ketones (excluding diaryl/α,β-unsaturated/α-hetero) is 1. The van der Waals surface area contributed by atoms with Crippen LogP contribution in [0.15, 0.2) is 53.0 Å². The van der Waals surface area contributed by atoms with Crippen molar-refractivity contribution in [1.82, 2.24) is 10.9 Å². The Morgan fingerprint density at radius 2 is 1.54 bits per heavy atom. The van der Waals surface area contributed by atoms with E-state index in [0.717, 1.165) is 0 Å². The maximum absolute atomic E-state index is 12.0. The molecule has 3 N–H and O–H groups in total. The Bertz CT molecular complexity index is 777. The number of amides is 2. The molecule has 0 bridgehead atoms. The Morgan fingerprint density at radius 1 is 0.917 bits per heavy atom. The van der Waals surface area contributed by atoms with Gasteiger partial charge < -0.3 is 5.32 Å². The van der Waals surface area contributed by atoms with Crippen LogP contribution in [0.5, 0.6) is 0 Å². The fourth-order valence-electron chi connectivity index (χ4n) is 2.00. The molecule has 0 aromatic heterocycles. The first kappa shape index (κ1) is 17.7. The van der Waals surface area contributed by atoms with Crippen LogP contribution in [0.2, 0.25) is 0 Å². The van der Waals surface area contributed by atoms with E-state index in [4.69, 9.17) is 0 Å². The van der Waals surface area contributed by atoms with E-state index in [1.807, 2.05) is 0 Å². The second kappa shape index (κ2) is 8.26. The summed E-state index contributed by atoms with van der Waals surface area (Å²) in [6.07, 6.45) is 0. The molecule has 2 aromatic rings. The summed E-state index contributed by atoms with van der Waals surface area (Å²) in [4.78, 5) is 35.3. The van der Waals surface area contributed by atoms with E-state index in [0.29, 0.717) is 21.3 Å². The molecule has 0 spiro atoms. The summed E-state index contributed by atoms with van der Waals surface area (Å²) in [5.41, 5.74) is 6.14. The maximum Gasteiger partial charge on any atom is 0.270 e. The van der Waals surface area contributed by atoms with Gasteiger partial charge in [0, 0.05) is 15.7 Å². The molecule has 0 heterocycles. The van der Waals surface area contributed by atoms with Crippen LogP contribution in [-0.4, -0.2) is 24.1 Å². The molecule has 0 aliphatic heterocycles. The smallest absolute Gasteiger partial charge is 0.270 e. The number of para-hydroxylation sites is 1. The highest BCUT2D eigenvalue weighted by Gasteiger charge is 2.11. The van der Waals surface area contributed by atoms with Crippen LogP contribution in [0, 0.1) is 0 Å². The van der Waals surface area contributed by atoms with Gasteiger partial charge in [0.1, 0.15) is 0 Å². The third-order valence-electron chi connectivity index (χ3n) is 3.18. The van der Waals surface area contributed by atoms with Crippen LogP contribution in [0.3, 0.4) is 0 Å². The van der Waals surface area contributed by atoms with Gasteiger partial charge in [0.15, 0.2) is 5.78 Å². The Morgan fingerprint density at radius 3 is 2.21 bits per heavy atom. The number of hydrazine groups is 1. The van der Waals surface area contributed by atoms with Gasteiger partial charge in [0.25, 0.3) is 11.8 Å². The Labute approximate surface area is 147 Å². The number of halogens is 1. The van der Waals surface area contributed by atoms with E-state index in [1.165, 1.54) is 6.92 Å². The topological polar surface area (TPSA) is 87.3 Å². The van der Waals surface area contributed by atoms with Crippen LogP contribution in [0.1, 0.15) is 27.6 Å². The number of carbonyl (C=O) groups is 3. The van der Waals surface area contributed by atoms with Crippen molar-refractivity contribution in [1.29, 1.82) is 0 Å². The van der Waals surface area contributed by atoms with Crippen LogP contribution in [0.25, 0.3) is 0 Å². The number of carbonyl (C=O) groups excluding carboxylic acids is 3.